The third-order valence-corrected chi connectivity index (χ3v) is 4.97. The number of hydrogen-bond acceptors (Lipinski definition) is 2. The molecule has 1 aliphatic rings. The van der Waals surface area contributed by atoms with Gasteiger partial charge in [-0.15, -0.1) is 0 Å². The lowest BCUT2D eigenvalue weighted by molar-refractivity contribution is 0.314. The van der Waals surface area contributed by atoms with Crippen LogP contribution in [0.15, 0.2) is 36.8 Å². The highest BCUT2D eigenvalue weighted by atomic mass is 15.1. The zero-order chi connectivity index (χ0) is 14.9. The number of rotatable bonds is 3. The van der Waals surface area contributed by atoms with Gasteiger partial charge in [-0.25, -0.2) is 4.98 Å². The Bertz CT molecular complexity index is 591. The molecule has 1 unspecified atom stereocenters. The molecular formula is C18H25N3. The van der Waals surface area contributed by atoms with Gasteiger partial charge in [0.05, 0.1) is 12.4 Å². The predicted octanol–water partition coefficient (Wildman–Crippen LogP) is 3.44. The van der Waals surface area contributed by atoms with Crippen LogP contribution in [-0.2, 0) is 5.41 Å². The van der Waals surface area contributed by atoms with Crippen molar-refractivity contribution < 1.29 is 0 Å². The minimum atomic E-state index is 0.237. The minimum absolute atomic E-state index is 0.237. The molecule has 1 N–H and O–H groups in total. The maximum Gasteiger partial charge on any atom is 0.0954 e. The molecule has 1 atom stereocenters. The van der Waals surface area contributed by atoms with Crippen LogP contribution in [0.2, 0.25) is 0 Å². The molecule has 1 saturated heterocycles. The molecule has 0 amide bonds. The second-order valence-corrected chi connectivity index (χ2v) is 6.58. The van der Waals surface area contributed by atoms with Gasteiger partial charge in [0.15, 0.2) is 0 Å². The number of imidazole rings is 1. The molecule has 0 bridgehead atoms. The first-order valence-electron chi connectivity index (χ1n) is 7.90. The monoisotopic (exact) mass is 283 g/mol. The fourth-order valence-corrected chi connectivity index (χ4v) is 3.32. The summed E-state index contributed by atoms with van der Waals surface area (Å²) in [5.41, 5.74) is 4.26. The van der Waals surface area contributed by atoms with Gasteiger partial charge in [0, 0.05) is 17.3 Å². The Balaban J connectivity index is 1.93. The van der Waals surface area contributed by atoms with E-state index in [9.17, 15) is 0 Å². The maximum absolute atomic E-state index is 4.45. The Labute approximate surface area is 127 Å². The second-order valence-electron chi connectivity index (χ2n) is 6.58. The Kier molecular flexibility index (Phi) is 3.85. The van der Waals surface area contributed by atoms with Gasteiger partial charge in [-0.3, -0.25) is 0 Å². The largest absolute Gasteiger partial charge is 0.327 e. The zero-order valence-corrected chi connectivity index (χ0v) is 13.3. The van der Waals surface area contributed by atoms with Crippen LogP contribution in [0.4, 0.5) is 0 Å². The number of nitrogens with zero attached hydrogens (tertiary/aromatic N) is 2. The molecule has 1 aromatic carbocycles. The Morgan fingerprint density at radius 2 is 1.86 bits per heavy atom. The van der Waals surface area contributed by atoms with Crippen molar-refractivity contribution in [3.05, 3.63) is 53.6 Å². The van der Waals surface area contributed by atoms with E-state index in [1.807, 2.05) is 6.33 Å². The number of hydrogen-bond donors (Lipinski definition) is 1. The van der Waals surface area contributed by atoms with Gasteiger partial charge in [-0.05, 0) is 45.3 Å². The van der Waals surface area contributed by atoms with E-state index in [1.165, 1.54) is 29.7 Å². The van der Waals surface area contributed by atoms with Crippen LogP contribution in [0, 0.1) is 6.92 Å². The van der Waals surface area contributed by atoms with Gasteiger partial charge in [0.1, 0.15) is 0 Å². The molecule has 3 nitrogen and oxygen atoms in total. The molecule has 0 aliphatic carbocycles. The lowest BCUT2D eigenvalue weighted by Crippen LogP contribution is -2.39. The summed E-state index contributed by atoms with van der Waals surface area (Å²) in [6.45, 7) is 8.97. The summed E-state index contributed by atoms with van der Waals surface area (Å²) in [4.78, 5) is 4.45. The second kappa shape index (κ2) is 5.64. The molecule has 3 heteroatoms. The number of benzene rings is 1. The third kappa shape index (κ3) is 2.75. The number of aryl methyl sites for hydroxylation is 1. The van der Waals surface area contributed by atoms with E-state index < -0.39 is 0 Å². The Hall–Kier alpha value is -1.61. The summed E-state index contributed by atoms with van der Waals surface area (Å²) >= 11 is 0. The van der Waals surface area contributed by atoms with Crippen LogP contribution < -0.4 is 5.32 Å². The van der Waals surface area contributed by atoms with Crippen molar-refractivity contribution in [2.75, 3.05) is 13.1 Å². The summed E-state index contributed by atoms with van der Waals surface area (Å²) in [5.74, 6) is 0. The van der Waals surface area contributed by atoms with E-state index in [4.69, 9.17) is 0 Å². The highest BCUT2D eigenvalue weighted by Crippen LogP contribution is 2.35. The van der Waals surface area contributed by atoms with Crippen LogP contribution in [0.5, 0.6) is 0 Å². The summed E-state index contributed by atoms with van der Waals surface area (Å²) in [6, 6.07) is 9.17. The quantitative estimate of drug-likeness (QED) is 0.935. The van der Waals surface area contributed by atoms with Crippen molar-refractivity contribution in [2.24, 2.45) is 0 Å². The normalized spacial score (nSPS) is 19.4. The van der Waals surface area contributed by atoms with Gasteiger partial charge in [0.25, 0.3) is 0 Å². The molecule has 1 aliphatic heterocycles. The molecule has 0 spiro atoms. The molecule has 1 aromatic heterocycles. The van der Waals surface area contributed by atoms with E-state index in [2.05, 4.69) is 66.1 Å². The van der Waals surface area contributed by atoms with Gasteiger partial charge in [-0.1, -0.05) is 36.8 Å². The van der Waals surface area contributed by atoms with E-state index in [0.717, 1.165) is 13.1 Å². The predicted molar refractivity (Wildman–Crippen MR) is 86.7 cm³/mol. The maximum atomic E-state index is 4.45. The van der Waals surface area contributed by atoms with Crippen molar-refractivity contribution >= 4 is 0 Å². The van der Waals surface area contributed by atoms with Crippen LogP contribution >= 0.6 is 0 Å². The van der Waals surface area contributed by atoms with Crippen molar-refractivity contribution in [3.63, 3.8) is 0 Å². The molecule has 21 heavy (non-hydrogen) atoms. The summed E-state index contributed by atoms with van der Waals surface area (Å²) in [6.07, 6.45) is 6.42. The lowest BCUT2D eigenvalue weighted by atomic mass is 9.78. The van der Waals surface area contributed by atoms with Crippen LogP contribution in [-0.4, -0.2) is 22.6 Å². The first kappa shape index (κ1) is 14.3. The average Bonchev–Trinajstić information content (AvgIpc) is 2.98. The number of nitrogens with one attached hydrogen (secondary N) is 1. The van der Waals surface area contributed by atoms with E-state index in [0.29, 0.717) is 6.04 Å². The van der Waals surface area contributed by atoms with Crippen molar-refractivity contribution in [3.8, 4) is 0 Å². The fourth-order valence-electron chi connectivity index (χ4n) is 3.32. The Morgan fingerprint density at radius 3 is 2.52 bits per heavy atom. The fraction of sp³-hybridized carbons (Fsp3) is 0.500. The van der Waals surface area contributed by atoms with Crippen molar-refractivity contribution in [1.29, 1.82) is 0 Å². The molecular weight excluding hydrogens is 258 g/mol. The SMILES string of the molecule is Cc1ccc(C(C)n2cncc2C2(C)CCNCC2)cc1. The zero-order valence-electron chi connectivity index (χ0n) is 13.3. The number of piperidine rings is 1. The highest BCUT2D eigenvalue weighted by molar-refractivity contribution is 5.26. The molecule has 1 fully saturated rings. The summed E-state index contributed by atoms with van der Waals surface area (Å²) in [7, 11) is 0. The topological polar surface area (TPSA) is 29.9 Å². The first-order valence-corrected chi connectivity index (χ1v) is 7.90. The van der Waals surface area contributed by atoms with Crippen molar-refractivity contribution in [2.45, 2.75) is 45.1 Å². The Morgan fingerprint density at radius 1 is 1.19 bits per heavy atom. The smallest absolute Gasteiger partial charge is 0.0954 e. The average molecular weight is 283 g/mol. The van der Waals surface area contributed by atoms with Gasteiger partial charge < -0.3 is 9.88 Å². The molecule has 0 saturated carbocycles. The highest BCUT2D eigenvalue weighted by Gasteiger charge is 2.32. The summed E-state index contributed by atoms with van der Waals surface area (Å²) in [5, 5.41) is 3.46. The van der Waals surface area contributed by atoms with Gasteiger partial charge >= 0.3 is 0 Å². The molecule has 2 heterocycles. The molecule has 3 rings (SSSR count). The molecule has 2 aromatic rings. The van der Waals surface area contributed by atoms with Crippen LogP contribution in [0.1, 0.15) is 49.6 Å². The van der Waals surface area contributed by atoms with E-state index in [1.54, 1.807) is 0 Å². The first-order chi connectivity index (χ1) is 10.1. The van der Waals surface area contributed by atoms with Crippen molar-refractivity contribution in [1.82, 2.24) is 14.9 Å². The van der Waals surface area contributed by atoms with E-state index in [-0.39, 0.29) is 5.41 Å². The standard InChI is InChI=1S/C18H25N3/c1-14-4-6-16(7-5-14)15(2)21-13-20-12-17(21)18(3)8-10-19-11-9-18/h4-7,12-13,15,19H,8-11H2,1-3H3. The lowest BCUT2D eigenvalue weighted by Gasteiger charge is -2.35. The minimum Gasteiger partial charge on any atom is -0.327 e. The number of aromatic nitrogens is 2. The van der Waals surface area contributed by atoms with E-state index >= 15 is 0 Å². The van der Waals surface area contributed by atoms with Gasteiger partial charge in [-0.2, -0.15) is 0 Å². The third-order valence-electron chi connectivity index (χ3n) is 4.97. The van der Waals surface area contributed by atoms with Crippen LogP contribution in [0.25, 0.3) is 0 Å². The molecule has 0 radical (unpaired) electrons. The van der Waals surface area contributed by atoms with Crippen LogP contribution in [0.3, 0.4) is 0 Å². The summed E-state index contributed by atoms with van der Waals surface area (Å²) < 4.78 is 2.36. The molecule has 112 valence electrons. The van der Waals surface area contributed by atoms with Gasteiger partial charge in [0.2, 0.25) is 0 Å².